The number of anilines is 1. The fraction of sp³-hybridized carbons (Fsp3) is 0.548. The van der Waals surface area contributed by atoms with Crippen LogP contribution in [0.2, 0.25) is 0 Å². The van der Waals surface area contributed by atoms with Crippen LogP contribution in [-0.4, -0.2) is 93.0 Å². The Labute approximate surface area is 250 Å². The number of amides is 2. The number of hydrogen-bond acceptors (Lipinski definition) is 7. The van der Waals surface area contributed by atoms with Gasteiger partial charge in [0.1, 0.15) is 5.75 Å². The normalized spacial score (nSPS) is 21.4. The molecule has 10 nitrogen and oxygen atoms in total. The van der Waals surface area contributed by atoms with Crippen LogP contribution in [0.1, 0.15) is 56.0 Å². The fourth-order valence-corrected chi connectivity index (χ4v) is 5.50. The molecule has 2 N–H and O–H groups in total. The predicted octanol–water partition coefficient (Wildman–Crippen LogP) is 3.55. The first-order chi connectivity index (χ1) is 19.9. The smallest absolute Gasteiger partial charge is 0.258 e. The number of rotatable bonds is 8. The quantitative estimate of drug-likeness (QED) is 0.473. The molecule has 11 heteroatoms. The maximum atomic E-state index is 14.1. The minimum absolute atomic E-state index is 0.0288. The lowest BCUT2D eigenvalue weighted by Crippen LogP contribution is -2.48. The third kappa shape index (κ3) is 9.99. The number of sulfonamides is 1. The Bertz CT molecular complexity index is 1290. The molecule has 232 valence electrons. The summed E-state index contributed by atoms with van der Waals surface area (Å²) in [6.07, 6.45) is 3.14. The van der Waals surface area contributed by atoms with Crippen molar-refractivity contribution < 1.29 is 32.6 Å². The van der Waals surface area contributed by atoms with E-state index in [0.29, 0.717) is 18.9 Å². The fourth-order valence-electron chi connectivity index (χ4n) is 4.94. The standard InChI is InChI=1S/C31H45N3O7S/c1-22-19-34(23(2)21-35)31(37)27-18-26(32-42(5,38)39)14-15-28(27)41-24(3)11-9-10-16-40-29(22)20-33(4)30(36)17-25-12-7-6-8-13-25/h6-8,12-15,18,22-24,29,32,35H,9-11,16-17,19-21H2,1-5H3/t22-,23+,24-,29-/m0/s1. The van der Waals surface area contributed by atoms with Crippen LogP contribution in [0.5, 0.6) is 5.75 Å². The highest BCUT2D eigenvalue weighted by Crippen LogP contribution is 2.29. The van der Waals surface area contributed by atoms with Crippen molar-refractivity contribution in [2.45, 2.75) is 64.7 Å². The zero-order chi connectivity index (χ0) is 30.9. The molecule has 1 aliphatic rings. The highest BCUT2D eigenvalue weighted by molar-refractivity contribution is 7.92. The molecule has 1 heterocycles. The number of carbonyl (C=O) groups excluding carboxylic acids is 2. The van der Waals surface area contributed by atoms with Crippen LogP contribution in [0.3, 0.4) is 0 Å². The third-order valence-electron chi connectivity index (χ3n) is 7.43. The number of aliphatic hydroxyl groups excluding tert-OH is 1. The number of nitrogens with one attached hydrogen (secondary N) is 1. The Morgan fingerprint density at radius 1 is 1.17 bits per heavy atom. The van der Waals surface area contributed by atoms with Gasteiger partial charge < -0.3 is 24.4 Å². The molecule has 0 saturated carbocycles. The molecule has 0 aromatic heterocycles. The van der Waals surface area contributed by atoms with Gasteiger partial charge in [-0.3, -0.25) is 14.3 Å². The van der Waals surface area contributed by atoms with Gasteiger partial charge in [0.05, 0.1) is 43.1 Å². The molecule has 0 aliphatic carbocycles. The van der Waals surface area contributed by atoms with Crippen molar-refractivity contribution in [2.24, 2.45) is 5.92 Å². The van der Waals surface area contributed by atoms with Crippen LogP contribution in [0.15, 0.2) is 48.5 Å². The number of nitrogens with zero attached hydrogens (tertiary/aromatic N) is 2. The summed E-state index contributed by atoms with van der Waals surface area (Å²) in [6, 6.07) is 13.7. The van der Waals surface area contributed by atoms with E-state index in [1.807, 2.05) is 44.2 Å². The molecule has 1 aliphatic heterocycles. The maximum Gasteiger partial charge on any atom is 0.258 e. The van der Waals surface area contributed by atoms with Gasteiger partial charge in [0.2, 0.25) is 15.9 Å². The van der Waals surface area contributed by atoms with Crippen LogP contribution in [-0.2, 0) is 26.0 Å². The molecule has 42 heavy (non-hydrogen) atoms. The van der Waals surface area contributed by atoms with E-state index in [9.17, 15) is 23.1 Å². The molecule has 0 saturated heterocycles. The van der Waals surface area contributed by atoms with Gasteiger partial charge in [0.15, 0.2) is 0 Å². The van der Waals surface area contributed by atoms with Crippen LogP contribution in [0, 0.1) is 5.92 Å². The van der Waals surface area contributed by atoms with Gasteiger partial charge in [-0.2, -0.15) is 0 Å². The van der Waals surface area contributed by atoms with Crippen molar-refractivity contribution in [3.05, 3.63) is 59.7 Å². The minimum Gasteiger partial charge on any atom is -0.490 e. The zero-order valence-corrected chi connectivity index (χ0v) is 26.1. The molecule has 0 fully saturated rings. The van der Waals surface area contributed by atoms with Crippen LogP contribution in [0.25, 0.3) is 0 Å². The summed E-state index contributed by atoms with van der Waals surface area (Å²) in [5.74, 6) is -0.269. The number of carbonyl (C=O) groups is 2. The zero-order valence-electron chi connectivity index (χ0n) is 25.3. The molecule has 2 aromatic rings. The van der Waals surface area contributed by atoms with Crippen molar-refractivity contribution >= 4 is 27.5 Å². The molecule has 4 atom stereocenters. The second-order valence-electron chi connectivity index (χ2n) is 11.3. The Morgan fingerprint density at radius 3 is 2.55 bits per heavy atom. The van der Waals surface area contributed by atoms with E-state index in [-0.39, 0.29) is 54.9 Å². The van der Waals surface area contributed by atoms with Gasteiger partial charge in [-0.05, 0) is 56.9 Å². The molecular formula is C31H45N3O7S. The molecular weight excluding hydrogens is 558 g/mol. The van der Waals surface area contributed by atoms with Gasteiger partial charge in [-0.1, -0.05) is 37.3 Å². The van der Waals surface area contributed by atoms with Crippen LogP contribution < -0.4 is 9.46 Å². The van der Waals surface area contributed by atoms with Crippen LogP contribution in [0.4, 0.5) is 5.69 Å². The van der Waals surface area contributed by atoms with E-state index in [2.05, 4.69) is 4.72 Å². The van der Waals surface area contributed by atoms with E-state index in [1.165, 1.54) is 6.07 Å². The molecule has 0 unspecified atom stereocenters. The van der Waals surface area contributed by atoms with Crippen molar-refractivity contribution in [2.75, 3.05) is 44.3 Å². The van der Waals surface area contributed by atoms with E-state index < -0.39 is 22.0 Å². The molecule has 3 rings (SSSR count). The van der Waals surface area contributed by atoms with Crippen molar-refractivity contribution in [3.8, 4) is 5.75 Å². The Hall–Kier alpha value is -3.15. The summed E-state index contributed by atoms with van der Waals surface area (Å²) < 4.78 is 38.7. The molecule has 2 amide bonds. The average Bonchev–Trinajstić information content (AvgIpc) is 2.94. The number of fused-ring (bicyclic) bond motifs is 1. The number of likely N-dealkylation sites (N-methyl/N-ethyl adjacent to an activating group) is 1. The maximum absolute atomic E-state index is 14.1. The van der Waals surface area contributed by atoms with E-state index in [1.54, 1.807) is 35.9 Å². The van der Waals surface area contributed by atoms with Crippen molar-refractivity contribution in [3.63, 3.8) is 0 Å². The third-order valence-corrected chi connectivity index (χ3v) is 8.04. The van der Waals surface area contributed by atoms with E-state index in [0.717, 1.165) is 31.1 Å². The summed E-state index contributed by atoms with van der Waals surface area (Å²) in [7, 11) is -1.81. The molecule has 0 bridgehead atoms. The van der Waals surface area contributed by atoms with Gasteiger partial charge >= 0.3 is 0 Å². The van der Waals surface area contributed by atoms with Crippen LogP contribution >= 0.6 is 0 Å². The van der Waals surface area contributed by atoms with Crippen molar-refractivity contribution in [1.29, 1.82) is 0 Å². The lowest BCUT2D eigenvalue weighted by atomic mass is 10.0. The summed E-state index contributed by atoms with van der Waals surface area (Å²) >= 11 is 0. The Morgan fingerprint density at radius 2 is 1.88 bits per heavy atom. The van der Waals surface area contributed by atoms with Gasteiger partial charge in [-0.25, -0.2) is 8.42 Å². The average molecular weight is 604 g/mol. The second kappa shape index (κ2) is 15.4. The number of ether oxygens (including phenoxy) is 2. The highest BCUT2D eigenvalue weighted by atomic mass is 32.2. The first-order valence-corrected chi connectivity index (χ1v) is 16.4. The summed E-state index contributed by atoms with van der Waals surface area (Å²) in [5, 5.41) is 10.1. The lowest BCUT2D eigenvalue weighted by molar-refractivity contribution is -0.131. The highest BCUT2D eigenvalue weighted by Gasteiger charge is 2.31. The molecule has 0 spiro atoms. The van der Waals surface area contributed by atoms with E-state index in [4.69, 9.17) is 9.47 Å². The summed E-state index contributed by atoms with van der Waals surface area (Å²) in [6.45, 7) is 6.47. The lowest BCUT2D eigenvalue weighted by Gasteiger charge is -2.36. The monoisotopic (exact) mass is 603 g/mol. The van der Waals surface area contributed by atoms with Gasteiger partial charge in [-0.15, -0.1) is 0 Å². The van der Waals surface area contributed by atoms with E-state index >= 15 is 0 Å². The Balaban J connectivity index is 1.91. The number of aliphatic hydroxyl groups is 1. The predicted molar refractivity (Wildman–Crippen MR) is 163 cm³/mol. The first-order valence-electron chi connectivity index (χ1n) is 14.5. The number of hydrogen-bond donors (Lipinski definition) is 2. The summed E-state index contributed by atoms with van der Waals surface area (Å²) in [4.78, 5) is 30.3. The van der Waals surface area contributed by atoms with Gasteiger partial charge in [0, 0.05) is 38.3 Å². The minimum atomic E-state index is -3.57. The second-order valence-corrected chi connectivity index (χ2v) is 13.1. The largest absolute Gasteiger partial charge is 0.490 e. The summed E-state index contributed by atoms with van der Waals surface area (Å²) in [5.41, 5.74) is 1.38. The molecule has 0 radical (unpaired) electrons. The first kappa shape index (κ1) is 33.4. The Kier molecular flexibility index (Phi) is 12.2. The van der Waals surface area contributed by atoms with Crippen molar-refractivity contribution in [1.82, 2.24) is 9.80 Å². The number of benzene rings is 2. The SMILES string of the molecule is C[C@H](CO)N1C[C@H](C)[C@H](CN(C)C(=O)Cc2ccccc2)OCCCC[C@H](C)Oc2ccc(NS(C)(=O)=O)cc2C1=O. The van der Waals surface area contributed by atoms with Gasteiger partial charge in [0.25, 0.3) is 5.91 Å². The topological polar surface area (TPSA) is 125 Å². The molecule has 2 aromatic carbocycles.